The van der Waals surface area contributed by atoms with Crippen LogP contribution < -0.4 is 10.9 Å². The topological polar surface area (TPSA) is 77.1 Å². The molecule has 2 heterocycles. The highest BCUT2D eigenvalue weighted by atomic mass is 19.4. The number of alkyl halides is 3. The zero-order valence-corrected chi connectivity index (χ0v) is 15.8. The Balaban J connectivity index is 1.57. The van der Waals surface area contributed by atoms with Gasteiger partial charge in [0, 0.05) is 11.5 Å². The first-order chi connectivity index (χ1) is 14.3. The number of rotatable bonds is 6. The maximum atomic E-state index is 13.3. The Bertz CT molecular complexity index is 1120. The van der Waals surface area contributed by atoms with E-state index < -0.39 is 17.3 Å². The molecule has 4 rings (SSSR count). The second-order valence-corrected chi connectivity index (χ2v) is 7.18. The molecular formula is C21H18F3N3O3. The fraction of sp³-hybridized carbons (Fsp3) is 0.286. The monoisotopic (exact) mass is 417 g/mol. The van der Waals surface area contributed by atoms with Gasteiger partial charge < -0.3 is 9.73 Å². The molecule has 0 spiro atoms. The Morgan fingerprint density at radius 2 is 2.00 bits per heavy atom. The molecule has 1 saturated carbocycles. The van der Waals surface area contributed by atoms with Crippen LogP contribution in [0.5, 0.6) is 0 Å². The number of aromatic nitrogens is 2. The van der Waals surface area contributed by atoms with Crippen LogP contribution in [0.3, 0.4) is 0 Å². The van der Waals surface area contributed by atoms with Crippen molar-refractivity contribution in [3.63, 3.8) is 0 Å². The Morgan fingerprint density at radius 3 is 2.67 bits per heavy atom. The van der Waals surface area contributed by atoms with Gasteiger partial charge in [0.1, 0.15) is 11.3 Å². The largest absolute Gasteiger partial charge is 0.467 e. The van der Waals surface area contributed by atoms with Crippen LogP contribution in [0.25, 0.3) is 0 Å². The van der Waals surface area contributed by atoms with Crippen molar-refractivity contribution < 1.29 is 22.4 Å². The van der Waals surface area contributed by atoms with Gasteiger partial charge in [-0.3, -0.25) is 9.59 Å². The Morgan fingerprint density at radius 1 is 1.20 bits per heavy atom. The van der Waals surface area contributed by atoms with E-state index >= 15 is 0 Å². The molecule has 0 aliphatic heterocycles. The van der Waals surface area contributed by atoms with E-state index in [1.807, 2.05) is 0 Å². The van der Waals surface area contributed by atoms with E-state index in [0.717, 1.165) is 23.6 Å². The van der Waals surface area contributed by atoms with Crippen molar-refractivity contribution >= 4 is 5.91 Å². The average Bonchev–Trinajstić information content (AvgIpc) is 3.42. The number of benzene rings is 1. The molecule has 1 aliphatic carbocycles. The highest BCUT2D eigenvalue weighted by molar-refractivity contribution is 5.94. The van der Waals surface area contributed by atoms with Gasteiger partial charge in [-0.25, -0.2) is 4.68 Å². The van der Waals surface area contributed by atoms with Gasteiger partial charge in [0.05, 0.1) is 25.0 Å². The van der Waals surface area contributed by atoms with Crippen molar-refractivity contribution in [1.82, 2.24) is 15.1 Å². The van der Waals surface area contributed by atoms with Crippen LogP contribution in [0.1, 0.15) is 51.7 Å². The molecule has 6 nitrogen and oxygen atoms in total. The van der Waals surface area contributed by atoms with E-state index in [2.05, 4.69) is 10.4 Å². The maximum absolute atomic E-state index is 13.3. The van der Waals surface area contributed by atoms with Crippen LogP contribution in [0.15, 0.2) is 57.9 Å². The molecule has 0 saturated heterocycles. The summed E-state index contributed by atoms with van der Waals surface area (Å²) in [4.78, 5) is 24.7. The third-order valence-corrected chi connectivity index (χ3v) is 4.82. The number of nitrogens with one attached hydrogen (secondary N) is 1. The standard InChI is InChI=1S/C21H18F3N3O3/c22-21(23,24)17-10-18(14-6-7-14)26-27(20(17)29)12-13-3-1-4-15(9-13)19(28)25-11-16-5-2-8-30-16/h1-5,8-10,14H,6-7,11-12H2,(H,25,28). The minimum absolute atomic E-state index is 0.0448. The minimum Gasteiger partial charge on any atom is -0.467 e. The third kappa shape index (κ3) is 4.45. The van der Waals surface area contributed by atoms with Gasteiger partial charge in [-0.15, -0.1) is 0 Å². The molecule has 1 aromatic carbocycles. The molecule has 1 amide bonds. The van der Waals surface area contributed by atoms with Gasteiger partial charge in [-0.1, -0.05) is 12.1 Å². The van der Waals surface area contributed by atoms with Crippen molar-refractivity contribution in [2.24, 2.45) is 0 Å². The summed E-state index contributed by atoms with van der Waals surface area (Å²) in [6.07, 6.45) is -1.74. The number of hydrogen-bond acceptors (Lipinski definition) is 4. The first-order valence-corrected chi connectivity index (χ1v) is 9.40. The first kappa shape index (κ1) is 19.9. The first-order valence-electron chi connectivity index (χ1n) is 9.40. The summed E-state index contributed by atoms with van der Waals surface area (Å²) in [5.74, 6) is 0.180. The van der Waals surface area contributed by atoms with E-state index in [0.29, 0.717) is 16.9 Å². The van der Waals surface area contributed by atoms with Gasteiger partial charge in [-0.05, 0) is 48.7 Å². The van der Waals surface area contributed by atoms with Gasteiger partial charge in [0.2, 0.25) is 0 Å². The SMILES string of the molecule is O=C(NCc1ccco1)c1cccc(Cn2nc(C3CC3)cc(C(F)(F)F)c2=O)c1. The summed E-state index contributed by atoms with van der Waals surface area (Å²) in [5.41, 5.74) is -1.32. The minimum atomic E-state index is -4.75. The molecule has 156 valence electrons. The molecule has 2 aromatic heterocycles. The molecule has 30 heavy (non-hydrogen) atoms. The smallest absolute Gasteiger partial charge is 0.421 e. The lowest BCUT2D eigenvalue weighted by Gasteiger charge is -2.13. The fourth-order valence-electron chi connectivity index (χ4n) is 3.12. The summed E-state index contributed by atoms with van der Waals surface area (Å²) in [5, 5.41) is 6.84. The van der Waals surface area contributed by atoms with Gasteiger partial charge in [-0.2, -0.15) is 18.3 Å². The van der Waals surface area contributed by atoms with Crippen LogP contribution >= 0.6 is 0 Å². The van der Waals surface area contributed by atoms with Gasteiger partial charge in [0.25, 0.3) is 11.5 Å². The number of hydrogen-bond donors (Lipinski definition) is 1. The molecule has 0 radical (unpaired) electrons. The normalized spacial score (nSPS) is 14.0. The number of nitrogens with zero attached hydrogens (tertiary/aromatic N) is 2. The predicted molar refractivity (Wildman–Crippen MR) is 101 cm³/mol. The molecular weight excluding hydrogens is 399 g/mol. The highest BCUT2D eigenvalue weighted by Crippen LogP contribution is 2.40. The van der Waals surface area contributed by atoms with E-state index in [-0.39, 0.29) is 30.6 Å². The molecule has 1 fully saturated rings. The lowest BCUT2D eigenvalue weighted by molar-refractivity contribution is -0.139. The number of furan rings is 1. The van der Waals surface area contributed by atoms with Crippen molar-refractivity contribution in [1.29, 1.82) is 0 Å². The highest BCUT2D eigenvalue weighted by Gasteiger charge is 2.37. The molecule has 9 heteroatoms. The predicted octanol–water partition coefficient (Wildman–Crippen LogP) is 3.71. The zero-order chi connectivity index (χ0) is 21.3. The van der Waals surface area contributed by atoms with Crippen LogP contribution in [0.4, 0.5) is 13.2 Å². The van der Waals surface area contributed by atoms with Gasteiger partial charge in [0.15, 0.2) is 0 Å². The summed E-state index contributed by atoms with van der Waals surface area (Å²) in [7, 11) is 0. The number of carbonyl (C=O) groups excluding carboxylic acids is 1. The third-order valence-electron chi connectivity index (χ3n) is 4.82. The lowest BCUT2D eigenvalue weighted by atomic mass is 10.1. The summed E-state index contributed by atoms with van der Waals surface area (Å²) in [6.45, 7) is 0.0389. The van der Waals surface area contributed by atoms with Crippen molar-refractivity contribution in [3.8, 4) is 0 Å². The lowest BCUT2D eigenvalue weighted by Crippen LogP contribution is -2.32. The summed E-state index contributed by atoms with van der Waals surface area (Å²) in [6, 6.07) is 10.6. The second-order valence-electron chi connectivity index (χ2n) is 7.18. The average molecular weight is 417 g/mol. The van der Waals surface area contributed by atoms with Crippen LogP contribution in [0.2, 0.25) is 0 Å². The molecule has 0 bridgehead atoms. The van der Waals surface area contributed by atoms with Crippen LogP contribution in [0, 0.1) is 0 Å². The van der Waals surface area contributed by atoms with Crippen molar-refractivity contribution in [2.45, 2.75) is 38.0 Å². The molecule has 3 aromatic rings. The Kier molecular flexibility index (Phi) is 5.19. The van der Waals surface area contributed by atoms with E-state index in [9.17, 15) is 22.8 Å². The van der Waals surface area contributed by atoms with Crippen LogP contribution in [-0.2, 0) is 19.3 Å². The van der Waals surface area contributed by atoms with E-state index in [4.69, 9.17) is 4.42 Å². The Hall–Kier alpha value is -3.36. The van der Waals surface area contributed by atoms with E-state index in [1.54, 1.807) is 30.3 Å². The second kappa shape index (κ2) is 7.81. The summed E-state index contributed by atoms with van der Waals surface area (Å²) < 4.78 is 45.9. The quantitative estimate of drug-likeness (QED) is 0.663. The molecule has 1 aliphatic rings. The molecule has 1 N–H and O–H groups in total. The van der Waals surface area contributed by atoms with Gasteiger partial charge >= 0.3 is 6.18 Å². The summed E-state index contributed by atoms with van der Waals surface area (Å²) >= 11 is 0. The van der Waals surface area contributed by atoms with E-state index in [1.165, 1.54) is 12.3 Å². The Labute approximate surface area is 169 Å². The van der Waals surface area contributed by atoms with Crippen molar-refractivity contribution in [2.75, 3.05) is 0 Å². The number of amides is 1. The maximum Gasteiger partial charge on any atom is 0.421 e. The zero-order valence-electron chi connectivity index (χ0n) is 15.8. The number of halogens is 3. The number of carbonyl (C=O) groups is 1. The molecule has 0 atom stereocenters. The molecule has 0 unspecified atom stereocenters. The van der Waals surface area contributed by atoms with Crippen LogP contribution in [-0.4, -0.2) is 15.7 Å². The van der Waals surface area contributed by atoms with Crippen molar-refractivity contribution in [3.05, 3.63) is 87.2 Å². The fourth-order valence-corrected chi connectivity index (χ4v) is 3.12.